The molecule has 0 saturated heterocycles. The number of nitrogens with zero attached hydrogens (tertiary/aromatic N) is 3. The number of aromatic nitrogens is 3. The van der Waals surface area contributed by atoms with Gasteiger partial charge in [0.05, 0.1) is 21.8 Å². The van der Waals surface area contributed by atoms with Gasteiger partial charge < -0.3 is 14.6 Å². The SMILES string of the molecule is COCCCn1nc(-c2c(C)noc2Cl)c2c(Cl)cc(CNC3CC3)cc21. The summed E-state index contributed by atoms with van der Waals surface area (Å²) in [6.45, 7) is 4.04. The highest BCUT2D eigenvalue weighted by atomic mass is 35.5. The summed E-state index contributed by atoms with van der Waals surface area (Å²) in [6, 6.07) is 4.79. The Morgan fingerprint density at radius 3 is 2.81 bits per heavy atom. The highest BCUT2D eigenvalue weighted by Crippen LogP contribution is 2.39. The van der Waals surface area contributed by atoms with Gasteiger partial charge in [0.2, 0.25) is 5.22 Å². The third-order valence-corrected chi connectivity index (χ3v) is 5.37. The van der Waals surface area contributed by atoms with Gasteiger partial charge in [-0.1, -0.05) is 16.8 Å². The van der Waals surface area contributed by atoms with Gasteiger partial charge in [0.25, 0.3) is 0 Å². The molecule has 0 amide bonds. The van der Waals surface area contributed by atoms with Crippen LogP contribution in [0.2, 0.25) is 10.2 Å². The summed E-state index contributed by atoms with van der Waals surface area (Å²) in [5.74, 6) is 0. The lowest BCUT2D eigenvalue weighted by Gasteiger charge is -2.07. The first-order valence-electron chi connectivity index (χ1n) is 9.12. The maximum Gasteiger partial charge on any atom is 0.235 e. The third-order valence-electron chi connectivity index (χ3n) is 4.81. The zero-order chi connectivity index (χ0) is 19.0. The molecule has 0 bridgehead atoms. The predicted molar refractivity (Wildman–Crippen MR) is 106 cm³/mol. The van der Waals surface area contributed by atoms with Crippen LogP contribution in [0.1, 0.15) is 30.5 Å². The Morgan fingerprint density at radius 2 is 2.15 bits per heavy atom. The molecule has 1 saturated carbocycles. The van der Waals surface area contributed by atoms with E-state index in [0.717, 1.165) is 36.0 Å². The minimum absolute atomic E-state index is 0.228. The first kappa shape index (κ1) is 18.7. The quantitative estimate of drug-likeness (QED) is 0.551. The Kier molecular flexibility index (Phi) is 5.41. The van der Waals surface area contributed by atoms with E-state index in [2.05, 4.69) is 16.5 Å². The average molecular weight is 409 g/mol. The molecule has 0 unspecified atom stereocenters. The molecule has 1 aliphatic carbocycles. The highest BCUT2D eigenvalue weighted by Gasteiger charge is 2.24. The van der Waals surface area contributed by atoms with Gasteiger partial charge in [0.1, 0.15) is 5.69 Å². The molecule has 4 rings (SSSR count). The molecule has 0 radical (unpaired) electrons. The van der Waals surface area contributed by atoms with Crippen molar-refractivity contribution >= 4 is 34.1 Å². The summed E-state index contributed by atoms with van der Waals surface area (Å²) in [6.07, 6.45) is 3.35. The van der Waals surface area contributed by atoms with Crippen LogP contribution in [0.5, 0.6) is 0 Å². The van der Waals surface area contributed by atoms with Crippen molar-refractivity contribution in [3.63, 3.8) is 0 Å². The number of halogens is 2. The van der Waals surface area contributed by atoms with Crippen LogP contribution in [0, 0.1) is 6.92 Å². The Bertz CT molecular complexity index is 943. The van der Waals surface area contributed by atoms with E-state index in [0.29, 0.717) is 34.6 Å². The summed E-state index contributed by atoms with van der Waals surface area (Å²) < 4.78 is 12.3. The summed E-state index contributed by atoms with van der Waals surface area (Å²) in [5, 5.41) is 14.1. The molecule has 144 valence electrons. The molecular formula is C19H22Cl2N4O2. The molecule has 3 aromatic rings. The minimum Gasteiger partial charge on any atom is -0.385 e. The maximum absolute atomic E-state index is 6.69. The number of ether oxygens (including phenoxy) is 1. The van der Waals surface area contributed by atoms with Crippen LogP contribution in [0.25, 0.3) is 22.2 Å². The second kappa shape index (κ2) is 7.80. The molecular weight excluding hydrogens is 387 g/mol. The number of hydrogen-bond donors (Lipinski definition) is 1. The molecule has 2 heterocycles. The summed E-state index contributed by atoms with van der Waals surface area (Å²) in [7, 11) is 1.70. The van der Waals surface area contributed by atoms with Crippen molar-refractivity contribution in [1.82, 2.24) is 20.3 Å². The first-order chi connectivity index (χ1) is 13.1. The molecule has 0 spiro atoms. The molecule has 1 aromatic carbocycles. The van der Waals surface area contributed by atoms with E-state index < -0.39 is 0 Å². The molecule has 0 aliphatic heterocycles. The van der Waals surface area contributed by atoms with Crippen molar-refractivity contribution < 1.29 is 9.26 Å². The van der Waals surface area contributed by atoms with E-state index in [-0.39, 0.29) is 5.22 Å². The molecule has 27 heavy (non-hydrogen) atoms. The van der Waals surface area contributed by atoms with Crippen LogP contribution in [-0.4, -0.2) is 34.7 Å². The Labute approximate surface area is 167 Å². The fraction of sp³-hybridized carbons (Fsp3) is 0.474. The van der Waals surface area contributed by atoms with Gasteiger partial charge in [-0.2, -0.15) is 5.10 Å². The standard InChI is InChI=1S/C19H22Cl2N4O2/c1-11-16(19(21)27-24-11)18-17-14(20)8-12(10-22-13-4-5-13)9-15(17)25(23-18)6-3-7-26-2/h8-9,13,22H,3-7,10H2,1-2H3. The van der Waals surface area contributed by atoms with Crippen LogP contribution in [-0.2, 0) is 17.8 Å². The van der Waals surface area contributed by atoms with Crippen molar-refractivity contribution in [3.8, 4) is 11.3 Å². The number of nitrogens with one attached hydrogen (secondary N) is 1. The number of aryl methyl sites for hydroxylation is 2. The van der Waals surface area contributed by atoms with E-state index in [9.17, 15) is 0 Å². The smallest absolute Gasteiger partial charge is 0.235 e. The van der Waals surface area contributed by atoms with Crippen molar-refractivity contribution in [2.75, 3.05) is 13.7 Å². The van der Waals surface area contributed by atoms with Gasteiger partial charge in [-0.3, -0.25) is 4.68 Å². The summed E-state index contributed by atoms with van der Waals surface area (Å²) in [4.78, 5) is 0. The highest BCUT2D eigenvalue weighted by molar-refractivity contribution is 6.37. The van der Waals surface area contributed by atoms with Gasteiger partial charge >= 0.3 is 0 Å². The topological polar surface area (TPSA) is 65.1 Å². The lowest BCUT2D eigenvalue weighted by Crippen LogP contribution is -2.15. The average Bonchev–Trinajstić information content (AvgIpc) is 3.33. The van der Waals surface area contributed by atoms with Gasteiger partial charge in [-0.15, -0.1) is 0 Å². The van der Waals surface area contributed by atoms with Gasteiger partial charge in [-0.25, -0.2) is 0 Å². The van der Waals surface area contributed by atoms with Crippen LogP contribution < -0.4 is 5.32 Å². The van der Waals surface area contributed by atoms with Crippen LogP contribution in [0.4, 0.5) is 0 Å². The number of rotatable bonds is 8. The van der Waals surface area contributed by atoms with Crippen molar-refractivity contribution in [3.05, 3.63) is 33.6 Å². The fourth-order valence-corrected chi connectivity index (χ4v) is 3.86. The normalized spacial score (nSPS) is 14.4. The number of fused-ring (bicyclic) bond motifs is 1. The summed E-state index contributed by atoms with van der Waals surface area (Å²) in [5.41, 5.74) is 4.22. The van der Waals surface area contributed by atoms with E-state index in [1.54, 1.807) is 7.11 Å². The molecule has 2 aromatic heterocycles. The van der Waals surface area contributed by atoms with Crippen LogP contribution in [0.3, 0.4) is 0 Å². The monoisotopic (exact) mass is 408 g/mol. The molecule has 6 nitrogen and oxygen atoms in total. The van der Waals surface area contributed by atoms with Crippen molar-refractivity contribution in [1.29, 1.82) is 0 Å². The van der Waals surface area contributed by atoms with Crippen molar-refractivity contribution in [2.45, 2.75) is 45.3 Å². The number of benzene rings is 1. The van der Waals surface area contributed by atoms with E-state index in [1.165, 1.54) is 12.8 Å². The Hall–Kier alpha value is -1.60. The Morgan fingerprint density at radius 1 is 1.33 bits per heavy atom. The number of hydrogen-bond acceptors (Lipinski definition) is 5. The number of methoxy groups -OCH3 is 1. The lowest BCUT2D eigenvalue weighted by molar-refractivity contribution is 0.189. The van der Waals surface area contributed by atoms with Gasteiger partial charge in [0.15, 0.2) is 0 Å². The summed E-state index contributed by atoms with van der Waals surface area (Å²) >= 11 is 12.9. The molecule has 1 N–H and O–H groups in total. The largest absolute Gasteiger partial charge is 0.385 e. The zero-order valence-corrected chi connectivity index (χ0v) is 16.9. The van der Waals surface area contributed by atoms with Gasteiger partial charge in [0, 0.05) is 38.2 Å². The van der Waals surface area contributed by atoms with Crippen LogP contribution in [0.15, 0.2) is 16.7 Å². The van der Waals surface area contributed by atoms with Crippen LogP contribution >= 0.6 is 23.2 Å². The molecule has 1 aliphatic rings. The maximum atomic E-state index is 6.69. The zero-order valence-electron chi connectivity index (χ0n) is 15.4. The van der Waals surface area contributed by atoms with E-state index in [4.69, 9.17) is 37.6 Å². The predicted octanol–water partition coefficient (Wildman–Crippen LogP) is 4.60. The second-order valence-corrected chi connectivity index (χ2v) is 7.71. The minimum atomic E-state index is 0.228. The second-order valence-electron chi connectivity index (χ2n) is 6.96. The van der Waals surface area contributed by atoms with Crippen molar-refractivity contribution in [2.24, 2.45) is 0 Å². The third kappa shape index (κ3) is 3.85. The van der Waals surface area contributed by atoms with E-state index >= 15 is 0 Å². The lowest BCUT2D eigenvalue weighted by atomic mass is 10.1. The van der Waals surface area contributed by atoms with E-state index in [1.807, 2.05) is 17.7 Å². The van der Waals surface area contributed by atoms with Gasteiger partial charge in [-0.05, 0) is 55.5 Å². The Balaban J connectivity index is 1.80. The molecule has 8 heteroatoms. The fourth-order valence-electron chi connectivity index (χ4n) is 3.27. The first-order valence-corrected chi connectivity index (χ1v) is 9.87. The molecule has 0 atom stereocenters. The molecule has 1 fully saturated rings.